The van der Waals surface area contributed by atoms with Crippen LogP contribution in [0, 0.1) is 11.8 Å². The number of hydrogen-bond donors (Lipinski definition) is 1. The SMILES string of the molecule is O=C(Nc1ccc(OCCCN2CC3CCCC3C2)cc1)c1cccc2ccccc12. The summed E-state index contributed by atoms with van der Waals surface area (Å²) in [5, 5.41) is 5.03. The van der Waals surface area contributed by atoms with Crippen molar-refractivity contribution in [1.29, 1.82) is 0 Å². The highest BCUT2D eigenvalue weighted by molar-refractivity contribution is 6.12. The molecule has 0 radical (unpaired) electrons. The summed E-state index contributed by atoms with van der Waals surface area (Å²) in [6.07, 6.45) is 5.35. The Bertz CT molecular complexity index is 1030. The van der Waals surface area contributed by atoms with Crippen LogP contribution in [0.15, 0.2) is 66.7 Å². The Labute approximate surface area is 184 Å². The van der Waals surface area contributed by atoms with Crippen LogP contribution in [-0.4, -0.2) is 37.0 Å². The minimum atomic E-state index is -0.0964. The van der Waals surface area contributed by atoms with Crippen molar-refractivity contribution in [2.24, 2.45) is 11.8 Å². The quantitative estimate of drug-likeness (QED) is 0.512. The van der Waals surface area contributed by atoms with Crippen LogP contribution in [0.4, 0.5) is 5.69 Å². The van der Waals surface area contributed by atoms with E-state index in [4.69, 9.17) is 4.74 Å². The first-order valence-corrected chi connectivity index (χ1v) is 11.5. The normalized spacial score (nSPS) is 20.6. The molecule has 0 spiro atoms. The van der Waals surface area contributed by atoms with Crippen LogP contribution in [0.3, 0.4) is 0 Å². The first-order valence-electron chi connectivity index (χ1n) is 11.5. The molecule has 31 heavy (non-hydrogen) atoms. The summed E-state index contributed by atoms with van der Waals surface area (Å²) in [5.41, 5.74) is 1.46. The summed E-state index contributed by atoms with van der Waals surface area (Å²) < 4.78 is 5.92. The Morgan fingerprint density at radius 2 is 1.68 bits per heavy atom. The van der Waals surface area contributed by atoms with Gasteiger partial charge in [-0.3, -0.25) is 4.79 Å². The van der Waals surface area contributed by atoms with E-state index >= 15 is 0 Å². The van der Waals surface area contributed by atoms with Gasteiger partial charge in [0.2, 0.25) is 0 Å². The predicted molar refractivity (Wildman–Crippen MR) is 126 cm³/mol. The molecule has 1 aliphatic carbocycles. The van der Waals surface area contributed by atoms with Gasteiger partial charge in [-0.05, 0) is 72.2 Å². The molecular formula is C27H30N2O2. The van der Waals surface area contributed by atoms with Gasteiger partial charge in [-0.2, -0.15) is 0 Å². The zero-order chi connectivity index (χ0) is 21.0. The molecule has 2 atom stereocenters. The predicted octanol–water partition coefficient (Wildman–Crippen LogP) is 5.59. The lowest BCUT2D eigenvalue weighted by molar-refractivity contribution is 0.102. The largest absolute Gasteiger partial charge is 0.494 e. The van der Waals surface area contributed by atoms with Crippen LogP contribution in [0.5, 0.6) is 5.75 Å². The minimum absolute atomic E-state index is 0.0964. The summed E-state index contributed by atoms with van der Waals surface area (Å²) in [6, 6.07) is 21.4. The Balaban J connectivity index is 1.10. The van der Waals surface area contributed by atoms with Crippen molar-refractivity contribution >= 4 is 22.4 Å². The van der Waals surface area contributed by atoms with E-state index in [9.17, 15) is 4.79 Å². The molecule has 1 aliphatic heterocycles. The molecule has 3 aromatic rings. The number of likely N-dealkylation sites (tertiary alicyclic amines) is 1. The fraction of sp³-hybridized carbons (Fsp3) is 0.370. The maximum atomic E-state index is 12.8. The van der Waals surface area contributed by atoms with Crippen molar-refractivity contribution in [2.45, 2.75) is 25.7 Å². The molecule has 1 saturated carbocycles. The van der Waals surface area contributed by atoms with Crippen molar-refractivity contribution in [2.75, 3.05) is 31.6 Å². The second kappa shape index (κ2) is 9.11. The van der Waals surface area contributed by atoms with E-state index in [1.54, 1.807) is 0 Å². The number of anilines is 1. The van der Waals surface area contributed by atoms with E-state index in [-0.39, 0.29) is 5.91 Å². The lowest BCUT2D eigenvalue weighted by Gasteiger charge is -2.16. The van der Waals surface area contributed by atoms with E-state index in [0.717, 1.165) is 53.6 Å². The molecule has 4 nitrogen and oxygen atoms in total. The monoisotopic (exact) mass is 414 g/mol. The van der Waals surface area contributed by atoms with E-state index < -0.39 is 0 Å². The summed E-state index contributed by atoms with van der Waals surface area (Å²) in [4.78, 5) is 15.4. The van der Waals surface area contributed by atoms with Crippen molar-refractivity contribution in [3.8, 4) is 5.75 Å². The molecule has 1 N–H and O–H groups in total. The maximum Gasteiger partial charge on any atom is 0.256 e. The molecule has 3 aromatic carbocycles. The molecular weight excluding hydrogens is 384 g/mol. The highest BCUT2D eigenvalue weighted by Gasteiger charge is 2.35. The number of hydrogen-bond acceptors (Lipinski definition) is 3. The zero-order valence-electron chi connectivity index (χ0n) is 17.9. The second-order valence-corrected chi connectivity index (χ2v) is 8.92. The van der Waals surface area contributed by atoms with E-state index in [2.05, 4.69) is 10.2 Å². The van der Waals surface area contributed by atoms with Gasteiger partial charge < -0.3 is 15.0 Å². The van der Waals surface area contributed by atoms with Gasteiger partial charge in [0.1, 0.15) is 5.75 Å². The molecule has 160 valence electrons. The van der Waals surface area contributed by atoms with Crippen molar-refractivity contribution in [1.82, 2.24) is 4.90 Å². The fourth-order valence-electron chi connectivity index (χ4n) is 5.25. The third-order valence-electron chi connectivity index (χ3n) is 6.84. The van der Waals surface area contributed by atoms with E-state index in [1.165, 1.54) is 32.4 Å². The molecule has 0 bridgehead atoms. The van der Waals surface area contributed by atoms with Gasteiger partial charge in [0.25, 0.3) is 5.91 Å². The van der Waals surface area contributed by atoms with Gasteiger partial charge in [-0.15, -0.1) is 0 Å². The van der Waals surface area contributed by atoms with Gasteiger partial charge >= 0.3 is 0 Å². The second-order valence-electron chi connectivity index (χ2n) is 8.92. The first-order chi connectivity index (χ1) is 15.3. The summed E-state index contributed by atoms with van der Waals surface area (Å²) >= 11 is 0. The lowest BCUT2D eigenvalue weighted by Crippen LogP contribution is -2.24. The number of rotatable bonds is 7. The number of benzene rings is 3. The number of amides is 1. The van der Waals surface area contributed by atoms with Crippen LogP contribution in [-0.2, 0) is 0 Å². The maximum absolute atomic E-state index is 12.8. The molecule has 0 aromatic heterocycles. The van der Waals surface area contributed by atoms with Crippen molar-refractivity contribution < 1.29 is 9.53 Å². The lowest BCUT2D eigenvalue weighted by atomic mass is 10.0. The Morgan fingerprint density at radius 3 is 2.48 bits per heavy atom. The number of carbonyl (C=O) groups is 1. The third-order valence-corrected chi connectivity index (χ3v) is 6.84. The minimum Gasteiger partial charge on any atom is -0.494 e. The Morgan fingerprint density at radius 1 is 0.935 bits per heavy atom. The molecule has 1 saturated heterocycles. The molecule has 1 heterocycles. The highest BCUT2D eigenvalue weighted by atomic mass is 16.5. The summed E-state index contributed by atoms with van der Waals surface area (Å²) in [5.74, 6) is 2.66. The first kappa shape index (κ1) is 20.1. The Kier molecular flexibility index (Phi) is 5.90. The van der Waals surface area contributed by atoms with Gasteiger partial charge in [0.15, 0.2) is 0 Å². The van der Waals surface area contributed by atoms with Gasteiger partial charge in [0.05, 0.1) is 6.61 Å². The fourth-order valence-corrected chi connectivity index (χ4v) is 5.25. The average Bonchev–Trinajstić information content (AvgIpc) is 3.39. The van der Waals surface area contributed by atoms with Crippen molar-refractivity contribution in [3.05, 3.63) is 72.3 Å². The van der Waals surface area contributed by atoms with Gasteiger partial charge in [-0.1, -0.05) is 42.8 Å². The van der Waals surface area contributed by atoms with Gasteiger partial charge in [-0.25, -0.2) is 0 Å². The number of ether oxygens (including phenoxy) is 1. The van der Waals surface area contributed by atoms with Crippen LogP contribution in [0.2, 0.25) is 0 Å². The Hall–Kier alpha value is -2.85. The average molecular weight is 415 g/mol. The molecule has 2 unspecified atom stereocenters. The van der Waals surface area contributed by atoms with E-state index in [1.807, 2.05) is 66.7 Å². The van der Waals surface area contributed by atoms with Crippen LogP contribution < -0.4 is 10.1 Å². The summed E-state index contributed by atoms with van der Waals surface area (Å²) in [6.45, 7) is 4.44. The van der Waals surface area contributed by atoms with E-state index in [0.29, 0.717) is 5.56 Å². The molecule has 5 rings (SSSR count). The zero-order valence-corrected chi connectivity index (χ0v) is 17.9. The van der Waals surface area contributed by atoms with Gasteiger partial charge in [0, 0.05) is 30.9 Å². The smallest absolute Gasteiger partial charge is 0.256 e. The molecule has 2 fully saturated rings. The number of nitrogens with one attached hydrogen (secondary N) is 1. The topological polar surface area (TPSA) is 41.6 Å². The summed E-state index contributed by atoms with van der Waals surface area (Å²) in [7, 11) is 0. The third kappa shape index (κ3) is 4.59. The number of fused-ring (bicyclic) bond motifs is 2. The molecule has 1 amide bonds. The van der Waals surface area contributed by atoms with Crippen LogP contribution >= 0.6 is 0 Å². The number of nitrogens with zero attached hydrogens (tertiary/aromatic N) is 1. The standard InChI is InChI=1S/C27H30N2O2/c30-27(26-11-4-7-20-6-1-2-10-25(20)26)28-23-12-14-24(15-13-23)31-17-5-16-29-18-21-8-3-9-22(21)19-29/h1-2,4,6-7,10-15,21-22H,3,5,8-9,16-19H2,(H,28,30). The molecule has 2 aliphatic rings. The molecule has 4 heteroatoms. The highest BCUT2D eigenvalue weighted by Crippen LogP contribution is 2.37. The van der Waals surface area contributed by atoms with Crippen LogP contribution in [0.25, 0.3) is 10.8 Å². The van der Waals surface area contributed by atoms with Crippen molar-refractivity contribution in [3.63, 3.8) is 0 Å². The van der Waals surface area contributed by atoms with Crippen LogP contribution in [0.1, 0.15) is 36.0 Å². The number of carbonyl (C=O) groups excluding carboxylic acids is 1.